The molecule has 134 valence electrons. The van der Waals surface area contributed by atoms with Gasteiger partial charge in [-0.2, -0.15) is 0 Å². The zero-order valence-corrected chi connectivity index (χ0v) is 17.4. The van der Waals surface area contributed by atoms with Crippen LogP contribution in [0.5, 0.6) is 0 Å². The summed E-state index contributed by atoms with van der Waals surface area (Å²) in [5, 5.41) is 0. The summed E-state index contributed by atoms with van der Waals surface area (Å²) in [6, 6.07) is 22.2. The number of rotatable bonds is 1. The Morgan fingerprint density at radius 3 is 2.33 bits per heavy atom. The summed E-state index contributed by atoms with van der Waals surface area (Å²) in [5.74, 6) is 0. The minimum Gasteiger partial charge on any atom is -0.0759 e. The number of fused-ring (bicyclic) bond motifs is 5. The van der Waals surface area contributed by atoms with Crippen LogP contribution >= 0.6 is 15.9 Å². The minimum atomic E-state index is 0.174. The molecule has 0 fully saturated rings. The highest BCUT2D eigenvalue weighted by Gasteiger charge is 2.34. The SMILES string of the molecule is CC1(C)Cc2ccccc2-c2ccc3c(c21)CC=C(c1ccccc1Br)C3. The molecular formula is C26H23Br. The second-order valence-corrected chi connectivity index (χ2v) is 9.29. The van der Waals surface area contributed by atoms with E-state index >= 15 is 0 Å². The molecule has 0 atom stereocenters. The smallest absolute Gasteiger partial charge is 0.0250 e. The third-order valence-corrected chi connectivity index (χ3v) is 6.87. The second kappa shape index (κ2) is 6.21. The van der Waals surface area contributed by atoms with Gasteiger partial charge in [0, 0.05) is 4.47 Å². The van der Waals surface area contributed by atoms with Crippen molar-refractivity contribution >= 4 is 21.5 Å². The average Bonchev–Trinajstić information content (AvgIpc) is 2.67. The van der Waals surface area contributed by atoms with Crippen LogP contribution in [0.4, 0.5) is 0 Å². The van der Waals surface area contributed by atoms with Crippen molar-refractivity contribution < 1.29 is 0 Å². The number of halogens is 1. The highest BCUT2D eigenvalue weighted by molar-refractivity contribution is 9.10. The van der Waals surface area contributed by atoms with Gasteiger partial charge in [-0.05, 0) is 75.3 Å². The molecule has 0 unspecified atom stereocenters. The summed E-state index contributed by atoms with van der Waals surface area (Å²) >= 11 is 3.73. The van der Waals surface area contributed by atoms with E-state index in [0.29, 0.717) is 0 Å². The van der Waals surface area contributed by atoms with Crippen LogP contribution in [0.2, 0.25) is 0 Å². The van der Waals surface area contributed by atoms with E-state index in [4.69, 9.17) is 0 Å². The first-order valence-corrected chi connectivity index (χ1v) is 10.5. The van der Waals surface area contributed by atoms with Crippen molar-refractivity contribution in [1.82, 2.24) is 0 Å². The first-order chi connectivity index (χ1) is 13.0. The summed E-state index contributed by atoms with van der Waals surface area (Å²) in [7, 11) is 0. The zero-order chi connectivity index (χ0) is 18.6. The fourth-order valence-corrected chi connectivity index (χ4v) is 5.56. The summed E-state index contributed by atoms with van der Waals surface area (Å²) in [4.78, 5) is 0. The van der Waals surface area contributed by atoms with Gasteiger partial charge in [-0.1, -0.05) is 90.5 Å². The van der Waals surface area contributed by atoms with Gasteiger partial charge in [0.2, 0.25) is 0 Å². The van der Waals surface area contributed by atoms with Gasteiger partial charge in [-0.25, -0.2) is 0 Å². The van der Waals surface area contributed by atoms with Crippen LogP contribution < -0.4 is 0 Å². The first-order valence-electron chi connectivity index (χ1n) is 9.72. The summed E-state index contributed by atoms with van der Waals surface area (Å²) in [6.45, 7) is 4.82. The fourth-order valence-electron chi connectivity index (χ4n) is 5.02. The Hall–Kier alpha value is -2.12. The molecule has 0 saturated carbocycles. The number of hydrogen-bond acceptors (Lipinski definition) is 0. The number of hydrogen-bond donors (Lipinski definition) is 0. The Morgan fingerprint density at radius 2 is 1.52 bits per heavy atom. The van der Waals surface area contributed by atoms with Crippen LogP contribution in [0.15, 0.2) is 71.2 Å². The second-order valence-electron chi connectivity index (χ2n) is 8.43. The Kier molecular flexibility index (Phi) is 3.91. The van der Waals surface area contributed by atoms with E-state index in [1.54, 1.807) is 11.1 Å². The maximum Gasteiger partial charge on any atom is 0.0250 e. The lowest BCUT2D eigenvalue weighted by Gasteiger charge is -2.38. The normalized spacial score (nSPS) is 16.8. The maximum atomic E-state index is 3.73. The molecule has 3 aromatic rings. The van der Waals surface area contributed by atoms with Crippen molar-refractivity contribution in [1.29, 1.82) is 0 Å². The van der Waals surface area contributed by atoms with E-state index in [1.165, 1.54) is 37.9 Å². The summed E-state index contributed by atoms with van der Waals surface area (Å²) in [5.41, 5.74) is 11.9. The van der Waals surface area contributed by atoms with Gasteiger partial charge < -0.3 is 0 Å². The predicted molar refractivity (Wildman–Crippen MR) is 118 cm³/mol. The van der Waals surface area contributed by atoms with Crippen molar-refractivity contribution in [2.24, 2.45) is 0 Å². The molecule has 2 aliphatic carbocycles. The lowest BCUT2D eigenvalue weighted by atomic mass is 9.66. The van der Waals surface area contributed by atoms with Gasteiger partial charge in [-0.15, -0.1) is 0 Å². The van der Waals surface area contributed by atoms with E-state index in [1.807, 2.05) is 0 Å². The Balaban J connectivity index is 1.65. The molecule has 3 aromatic carbocycles. The predicted octanol–water partition coefficient (Wildman–Crippen LogP) is 7.13. The van der Waals surface area contributed by atoms with Crippen molar-refractivity contribution in [3.8, 4) is 11.1 Å². The Bertz CT molecular complexity index is 1090. The standard InChI is InChI=1S/C26H23Br/c1-26(2)16-19-7-3-4-8-20(19)23-14-12-18-15-17(11-13-22(18)25(23)26)21-9-5-6-10-24(21)27/h3-12,14H,13,15-16H2,1-2H3. The van der Waals surface area contributed by atoms with Gasteiger partial charge >= 0.3 is 0 Å². The van der Waals surface area contributed by atoms with Gasteiger partial charge in [0.25, 0.3) is 0 Å². The first kappa shape index (κ1) is 17.0. The van der Waals surface area contributed by atoms with Crippen LogP contribution in [0.3, 0.4) is 0 Å². The van der Waals surface area contributed by atoms with Gasteiger partial charge in [0.05, 0.1) is 0 Å². The summed E-state index contributed by atoms with van der Waals surface area (Å²) in [6.07, 6.45) is 5.61. The van der Waals surface area contributed by atoms with E-state index in [-0.39, 0.29) is 5.41 Å². The molecule has 1 heteroatoms. The van der Waals surface area contributed by atoms with Crippen LogP contribution in [-0.2, 0) is 24.7 Å². The van der Waals surface area contributed by atoms with E-state index < -0.39 is 0 Å². The zero-order valence-electron chi connectivity index (χ0n) is 15.9. The average molecular weight is 415 g/mol. The molecule has 27 heavy (non-hydrogen) atoms. The highest BCUT2D eigenvalue weighted by Crippen LogP contribution is 2.47. The molecule has 0 N–H and O–H groups in total. The molecule has 0 amide bonds. The third-order valence-electron chi connectivity index (χ3n) is 6.18. The molecule has 0 saturated heterocycles. The molecule has 0 aromatic heterocycles. The van der Waals surface area contributed by atoms with E-state index in [9.17, 15) is 0 Å². The Morgan fingerprint density at radius 1 is 0.778 bits per heavy atom. The van der Waals surface area contributed by atoms with Crippen molar-refractivity contribution in [2.75, 3.05) is 0 Å². The molecule has 2 aliphatic rings. The van der Waals surface area contributed by atoms with Crippen LogP contribution in [0.1, 0.15) is 41.7 Å². The molecule has 0 spiro atoms. The van der Waals surface area contributed by atoms with Crippen LogP contribution in [-0.4, -0.2) is 0 Å². The summed E-state index contributed by atoms with van der Waals surface area (Å²) < 4.78 is 1.19. The maximum absolute atomic E-state index is 3.73. The van der Waals surface area contributed by atoms with Crippen molar-refractivity contribution in [2.45, 2.75) is 38.5 Å². The van der Waals surface area contributed by atoms with E-state index in [2.05, 4.69) is 96.5 Å². The van der Waals surface area contributed by atoms with Crippen molar-refractivity contribution in [3.05, 3.63) is 99.0 Å². The topological polar surface area (TPSA) is 0 Å². The lowest BCUT2D eigenvalue weighted by Crippen LogP contribution is -2.28. The molecule has 0 bridgehead atoms. The van der Waals surface area contributed by atoms with Crippen LogP contribution in [0.25, 0.3) is 16.7 Å². The van der Waals surface area contributed by atoms with E-state index in [0.717, 1.165) is 19.3 Å². The Labute approximate surface area is 170 Å². The van der Waals surface area contributed by atoms with Gasteiger partial charge in [-0.3, -0.25) is 0 Å². The molecular weight excluding hydrogens is 392 g/mol. The third kappa shape index (κ3) is 2.72. The molecule has 0 aliphatic heterocycles. The fraction of sp³-hybridized carbons (Fsp3) is 0.231. The van der Waals surface area contributed by atoms with Gasteiger partial charge in [0.1, 0.15) is 0 Å². The molecule has 0 heterocycles. The minimum absolute atomic E-state index is 0.174. The lowest BCUT2D eigenvalue weighted by molar-refractivity contribution is 0.512. The molecule has 0 nitrogen and oxygen atoms in total. The monoisotopic (exact) mass is 414 g/mol. The quantitative estimate of drug-likeness (QED) is 0.397. The van der Waals surface area contributed by atoms with Gasteiger partial charge in [0.15, 0.2) is 0 Å². The number of allylic oxidation sites excluding steroid dienone is 2. The molecule has 0 radical (unpaired) electrons. The van der Waals surface area contributed by atoms with Crippen molar-refractivity contribution in [3.63, 3.8) is 0 Å². The largest absolute Gasteiger partial charge is 0.0759 e. The number of benzene rings is 3. The highest BCUT2D eigenvalue weighted by atomic mass is 79.9. The van der Waals surface area contributed by atoms with Crippen LogP contribution in [0, 0.1) is 0 Å². The molecule has 5 rings (SSSR count).